The van der Waals surface area contributed by atoms with Crippen molar-refractivity contribution in [2.45, 2.75) is 6.42 Å². The lowest BCUT2D eigenvalue weighted by Gasteiger charge is -2.18. The third-order valence-corrected chi connectivity index (χ3v) is 2.95. The number of amidine groups is 1. The topological polar surface area (TPSA) is 96.5 Å². The van der Waals surface area contributed by atoms with Crippen LogP contribution in [0.5, 0.6) is 0 Å². The second kappa shape index (κ2) is 5.94. The molecule has 0 aromatic heterocycles. The summed E-state index contributed by atoms with van der Waals surface area (Å²) in [5, 5.41) is 6.99. The minimum atomic E-state index is -3.23. The Balaban J connectivity index is 4.19. The average molecular weight is 223 g/mol. The molecule has 0 fully saturated rings. The lowest BCUT2D eigenvalue weighted by Crippen LogP contribution is -2.35. The minimum absolute atomic E-state index is 0.0175. The Bertz CT molecular complexity index is 276. The number of sulfonamides is 1. The second-order valence-corrected chi connectivity index (χ2v) is 4.91. The van der Waals surface area contributed by atoms with E-state index < -0.39 is 10.0 Å². The van der Waals surface area contributed by atoms with Crippen molar-refractivity contribution in [2.75, 3.05) is 33.1 Å². The summed E-state index contributed by atoms with van der Waals surface area (Å²) in [7, 11) is -1.73. The second-order valence-electron chi connectivity index (χ2n) is 2.93. The van der Waals surface area contributed by atoms with Gasteiger partial charge in [0.2, 0.25) is 10.0 Å². The molecule has 0 saturated heterocycles. The summed E-state index contributed by atoms with van der Waals surface area (Å²) in [5.41, 5.74) is 5.14. The van der Waals surface area contributed by atoms with E-state index in [9.17, 15) is 8.42 Å². The van der Waals surface area contributed by atoms with E-state index in [2.05, 4.69) is 0 Å². The summed E-state index contributed by atoms with van der Waals surface area (Å²) in [6, 6.07) is 0. The molecule has 0 aliphatic heterocycles. The van der Waals surface area contributed by atoms with Crippen molar-refractivity contribution in [2.24, 2.45) is 5.73 Å². The molecule has 0 amide bonds. The minimum Gasteiger partial charge on any atom is -0.388 e. The number of nitrogens with one attached hydrogen (secondary N) is 1. The number of methoxy groups -OCH3 is 1. The first-order valence-corrected chi connectivity index (χ1v) is 5.99. The summed E-state index contributed by atoms with van der Waals surface area (Å²) < 4.78 is 28.4. The number of nitrogens with two attached hydrogens (primary N) is 1. The molecule has 7 heteroatoms. The number of nitrogens with zero attached hydrogens (tertiary/aromatic N) is 1. The standard InChI is InChI=1S/C7H17N3O3S/c1-13-6-5-10(14(2,11)12)4-3-7(8)9/h3-6H2,1-2H3,(H3,8,9). The van der Waals surface area contributed by atoms with Crippen molar-refractivity contribution >= 4 is 15.9 Å². The van der Waals surface area contributed by atoms with E-state index in [1.807, 2.05) is 0 Å². The molecule has 0 heterocycles. The van der Waals surface area contributed by atoms with Crippen LogP contribution in [0.25, 0.3) is 0 Å². The fraction of sp³-hybridized carbons (Fsp3) is 0.857. The molecular weight excluding hydrogens is 206 g/mol. The Morgan fingerprint density at radius 2 is 2.07 bits per heavy atom. The number of hydrogen-bond donors (Lipinski definition) is 2. The highest BCUT2D eigenvalue weighted by Crippen LogP contribution is 1.99. The van der Waals surface area contributed by atoms with Gasteiger partial charge in [-0.1, -0.05) is 0 Å². The van der Waals surface area contributed by atoms with Crippen molar-refractivity contribution in [3.63, 3.8) is 0 Å². The SMILES string of the molecule is COCCN(CCC(=N)N)S(C)(=O)=O. The lowest BCUT2D eigenvalue weighted by atomic mass is 10.4. The fourth-order valence-corrected chi connectivity index (χ4v) is 1.71. The predicted octanol–water partition coefficient (Wildman–Crippen LogP) is -0.780. The van der Waals surface area contributed by atoms with Crippen LogP contribution in [0.3, 0.4) is 0 Å². The molecule has 0 aromatic carbocycles. The van der Waals surface area contributed by atoms with E-state index in [0.717, 1.165) is 6.26 Å². The van der Waals surface area contributed by atoms with Crippen LogP contribution in [0.2, 0.25) is 0 Å². The molecule has 0 atom stereocenters. The molecule has 0 radical (unpaired) electrons. The van der Waals surface area contributed by atoms with Gasteiger partial charge >= 0.3 is 0 Å². The monoisotopic (exact) mass is 223 g/mol. The molecule has 0 aromatic rings. The molecule has 0 saturated carbocycles. The summed E-state index contributed by atoms with van der Waals surface area (Å²) in [4.78, 5) is 0. The Labute approximate surface area is 84.6 Å². The molecule has 6 nitrogen and oxygen atoms in total. The van der Waals surface area contributed by atoms with Crippen LogP contribution in [-0.2, 0) is 14.8 Å². The highest BCUT2D eigenvalue weighted by Gasteiger charge is 2.15. The van der Waals surface area contributed by atoms with Gasteiger partial charge in [-0.15, -0.1) is 0 Å². The van der Waals surface area contributed by atoms with E-state index in [-0.39, 0.29) is 18.8 Å². The van der Waals surface area contributed by atoms with Gasteiger partial charge in [-0.2, -0.15) is 4.31 Å². The Kier molecular flexibility index (Phi) is 5.66. The van der Waals surface area contributed by atoms with Crippen molar-refractivity contribution < 1.29 is 13.2 Å². The van der Waals surface area contributed by atoms with Gasteiger partial charge < -0.3 is 10.5 Å². The number of rotatable bonds is 7. The van der Waals surface area contributed by atoms with Gasteiger partial charge in [-0.3, -0.25) is 5.41 Å². The normalized spacial score (nSPS) is 11.9. The molecule has 0 aliphatic carbocycles. The molecule has 14 heavy (non-hydrogen) atoms. The predicted molar refractivity (Wildman–Crippen MR) is 54.8 cm³/mol. The third-order valence-electron chi connectivity index (χ3n) is 1.64. The van der Waals surface area contributed by atoms with Crippen LogP contribution >= 0.6 is 0 Å². The number of hydrogen-bond acceptors (Lipinski definition) is 4. The first-order chi connectivity index (χ1) is 6.38. The van der Waals surface area contributed by atoms with E-state index in [0.29, 0.717) is 13.2 Å². The van der Waals surface area contributed by atoms with Crippen LogP contribution < -0.4 is 5.73 Å². The summed E-state index contributed by atoms with van der Waals surface area (Å²) in [6.07, 6.45) is 1.37. The zero-order valence-corrected chi connectivity index (χ0v) is 9.30. The van der Waals surface area contributed by atoms with Gasteiger partial charge in [-0.05, 0) is 0 Å². The van der Waals surface area contributed by atoms with Gasteiger partial charge in [0.15, 0.2) is 0 Å². The maximum absolute atomic E-state index is 11.2. The van der Waals surface area contributed by atoms with Crippen LogP contribution in [0.1, 0.15) is 6.42 Å². The van der Waals surface area contributed by atoms with Crippen molar-refractivity contribution in [3.8, 4) is 0 Å². The summed E-state index contributed by atoms with van der Waals surface area (Å²) in [6.45, 7) is 0.866. The average Bonchev–Trinajstić information content (AvgIpc) is 2.01. The molecular formula is C7H17N3O3S. The Hall–Kier alpha value is -0.660. The molecule has 0 unspecified atom stereocenters. The van der Waals surface area contributed by atoms with Gasteiger partial charge in [0, 0.05) is 26.6 Å². The van der Waals surface area contributed by atoms with Crippen LogP contribution in [0.4, 0.5) is 0 Å². The first-order valence-electron chi connectivity index (χ1n) is 4.15. The van der Waals surface area contributed by atoms with Crippen molar-refractivity contribution in [3.05, 3.63) is 0 Å². The third kappa shape index (κ3) is 5.90. The van der Waals surface area contributed by atoms with E-state index in [1.54, 1.807) is 0 Å². The molecule has 3 N–H and O–H groups in total. The van der Waals surface area contributed by atoms with Gasteiger partial charge in [0.25, 0.3) is 0 Å². The van der Waals surface area contributed by atoms with Crippen LogP contribution in [-0.4, -0.2) is 51.6 Å². The smallest absolute Gasteiger partial charge is 0.211 e. The van der Waals surface area contributed by atoms with Crippen LogP contribution in [0.15, 0.2) is 0 Å². The molecule has 0 rings (SSSR count). The molecule has 0 bridgehead atoms. The zero-order valence-electron chi connectivity index (χ0n) is 8.49. The summed E-state index contributed by atoms with van der Waals surface area (Å²) >= 11 is 0. The lowest BCUT2D eigenvalue weighted by molar-refractivity contribution is 0.180. The first kappa shape index (κ1) is 13.3. The van der Waals surface area contributed by atoms with E-state index >= 15 is 0 Å². The molecule has 84 valence electrons. The van der Waals surface area contributed by atoms with Crippen molar-refractivity contribution in [1.82, 2.24) is 4.31 Å². The van der Waals surface area contributed by atoms with E-state index in [1.165, 1.54) is 11.4 Å². The maximum atomic E-state index is 11.2. The summed E-state index contributed by atoms with van der Waals surface area (Å²) in [5.74, 6) is -0.0175. The Morgan fingerprint density at radius 3 is 2.43 bits per heavy atom. The highest BCUT2D eigenvalue weighted by molar-refractivity contribution is 7.88. The van der Waals surface area contributed by atoms with Gasteiger partial charge in [0.05, 0.1) is 18.7 Å². The molecule has 0 aliphatic rings. The Morgan fingerprint density at radius 1 is 1.50 bits per heavy atom. The van der Waals surface area contributed by atoms with Gasteiger partial charge in [0.1, 0.15) is 0 Å². The van der Waals surface area contributed by atoms with Crippen LogP contribution in [0, 0.1) is 5.41 Å². The highest BCUT2D eigenvalue weighted by atomic mass is 32.2. The molecule has 0 spiro atoms. The quantitative estimate of drug-likeness (QED) is 0.437. The van der Waals surface area contributed by atoms with Crippen molar-refractivity contribution in [1.29, 1.82) is 5.41 Å². The number of ether oxygens (including phenoxy) is 1. The zero-order chi connectivity index (χ0) is 11.2. The largest absolute Gasteiger partial charge is 0.388 e. The van der Waals surface area contributed by atoms with Gasteiger partial charge in [-0.25, -0.2) is 8.42 Å². The maximum Gasteiger partial charge on any atom is 0.211 e. The van der Waals surface area contributed by atoms with E-state index in [4.69, 9.17) is 15.9 Å². The fourth-order valence-electron chi connectivity index (χ4n) is 0.882.